The van der Waals surface area contributed by atoms with E-state index in [0.29, 0.717) is 44.8 Å². The molecule has 3 heterocycles. The van der Waals surface area contributed by atoms with E-state index in [-0.39, 0.29) is 29.7 Å². The van der Waals surface area contributed by atoms with Crippen LogP contribution in [0.25, 0.3) is 0 Å². The average molecular weight is 358 g/mol. The number of nitrogens with one attached hydrogen (secondary N) is 2. The van der Waals surface area contributed by atoms with Crippen molar-refractivity contribution in [3.8, 4) is 0 Å². The fourth-order valence-electron chi connectivity index (χ4n) is 3.66. The molecule has 0 spiro atoms. The first kappa shape index (κ1) is 17.1. The van der Waals surface area contributed by atoms with Gasteiger partial charge in [-0.25, -0.2) is 0 Å². The Hall–Kier alpha value is -2.29. The number of carbonyl (C=O) groups is 3. The van der Waals surface area contributed by atoms with E-state index >= 15 is 0 Å². The second kappa shape index (κ2) is 6.46. The minimum absolute atomic E-state index is 0.151. The smallest absolute Gasteiger partial charge is 0.255 e. The van der Waals surface area contributed by atoms with Crippen LogP contribution in [0.15, 0.2) is 18.2 Å². The zero-order valence-electron chi connectivity index (χ0n) is 14.4. The van der Waals surface area contributed by atoms with Gasteiger partial charge < -0.3 is 20.7 Å². The number of ether oxygens (including phenoxy) is 1. The van der Waals surface area contributed by atoms with Gasteiger partial charge in [-0.15, -0.1) is 0 Å². The molecule has 2 fully saturated rings. The molecular formula is C18H22N4O4. The lowest BCUT2D eigenvalue weighted by Gasteiger charge is -2.37. The molecule has 8 heteroatoms. The van der Waals surface area contributed by atoms with Gasteiger partial charge in [0.15, 0.2) is 0 Å². The van der Waals surface area contributed by atoms with E-state index in [2.05, 4.69) is 10.6 Å². The van der Waals surface area contributed by atoms with Gasteiger partial charge in [0.25, 0.3) is 5.91 Å². The van der Waals surface area contributed by atoms with Crippen molar-refractivity contribution in [2.75, 3.05) is 19.8 Å². The van der Waals surface area contributed by atoms with Crippen molar-refractivity contribution in [3.63, 3.8) is 0 Å². The Kier molecular flexibility index (Phi) is 4.26. The van der Waals surface area contributed by atoms with Gasteiger partial charge in [0, 0.05) is 31.6 Å². The van der Waals surface area contributed by atoms with E-state index in [1.807, 2.05) is 18.2 Å². The van der Waals surface area contributed by atoms with Crippen molar-refractivity contribution in [1.82, 2.24) is 15.5 Å². The van der Waals surface area contributed by atoms with E-state index in [1.54, 1.807) is 4.90 Å². The summed E-state index contributed by atoms with van der Waals surface area (Å²) in [7, 11) is 0. The molecule has 3 amide bonds. The van der Waals surface area contributed by atoms with Crippen molar-refractivity contribution in [2.24, 2.45) is 5.73 Å². The van der Waals surface area contributed by atoms with Crippen molar-refractivity contribution in [3.05, 3.63) is 34.9 Å². The molecule has 1 aromatic carbocycles. The van der Waals surface area contributed by atoms with Gasteiger partial charge >= 0.3 is 0 Å². The molecule has 4 N–H and O–H groups in total. The van der Waals surface area contributed by atoms with Crippen molar-refractivity contribution >= 4 is 17.7 Å². The maximum Gasteiger partial charge on any atom is 0.255 e. The number of carbonyl (C=O) groups excluding carboxylic acids is 3. The molecule has 1 atom stereocenters. The highest BCUT2D eigenvalue weighted by molar-refractivity contribution is 6.05. The van der Waals surface area contributed by atoms with Crippen LogP contribution in [0.2, 0.25) is 0 Å². The number of nitrogens with zero attached hydrogens (tertiary/aromatic N) is 1. The molecule has 26 heavy (non-hydrogen) atoms. The third kappa shape index (κ3) is 3.11. The summed E-state index contributed by atoms with van der Waals surface area (Å²) in [6, 6.07) is 5.14. The number of nitrogens with two attached hydrogens (primary N) is 1. The van der Waals surface area contributed by atoms with Crippen LogP contribution < -0.4 is 16.4 Å². The largest absolute Gasteiger partial charge is 0.377 e. The van der Waals surface area contributed by atoms with E-state index < -0.39 is 6.04 Å². The standard InChI is InChI=1S/C18H22N4O4/c19-18(9-26-10-18)8-20-6-11-1-2-13-12(5-11)7-22(17(13)25)14-3-4-15(23)21-16(14)24/h1-2,5,14,20H,3-4,6-10,19H2,(H,21,23,24). The van der Waals surface area contributed by atoms with Gasteiger partial charge in [0.2, 0.25) is 11.8 Å². The maximum absolute atomic E-state index is 12.6. The number of fused-ring (bicyclic) bond motifs is 1. The fourth-order valence-corrected chi connectivity index (χ4v) is 3.66. The topological polar surface area (TPSA) is 114 Å². The molecule has 3 aliphatic rings. The summed E-state index contributed by atoms with van der Waals surface area (Å²) in [6.45, 7) is 2.85. The van der Waals surface area contributed by atoms with Crippen LogP contribution in [0.1, 0.15) is 34.3 Å². The number of hydrogen-bond donors (Lipinski definition) is 3. The van der Waals surface area contributed by atoms with Crippen LogP contribution in [-0.4, -0.2) is 54.0 Å². The number of amides is 3. The summed E-state index contributed by atoms with van der Waals surface area (Å²) < 4.78 is 5.14. The molecule has 4 rings (SSSR count). The van der Waals surface area contributed by atoms with Crippen molar-refractivity contribution < 1.29 is 19.1 Å². The Morgan fingerprint density at radius 2 is 2.12 bits per heavy atom. The summed E-state index contributed by atoms with van der Waals surface area (Å²) >= 11 is 0. The number of benzene rings is 1. The molecule has 8 nitrogen and oxygen atoms in total. The van der Waals surface area contributed by atoms with E-state index in [4.69, 9.17) is 10.5 Å². The van der Waals surface area contributed by atoms with Gasteiger partial charge in [-0.2, -0.15) is 0 Å². The summed E-state index contributed by atoms with van der Waals surface area (Å²) in [5.74, 6) is -0.819. The SMILES string of the molecule is NC1(CNCc2ccc3c(c2)CN(C2CCC(=O)NC2=O)C3=O)COC1. The van der Waals surface area contributed by atoms with Crippen LogP contribution in [0, 0.1) is 0 Å². The zero-order chi connectivity index (χ0) is 18.3. The Morgan fingerprint density at radius 1 is 1.31 bits per heavy atom. The number of rotatable bonds is 5. The third-order valence-electron chi connectivity index (χ3n) is 5.17. The monoisotopic (exact) mass is 358 g/mol. The van der Waals surface area contributed by atoms with Crippen LogP contribution in [0.3, 0.4) is 0 Å². The molecule has 138 valence electrons. The Bertz CT molecular complexity index is 774. The highest BCUT2D eigenvalue weighted by Gasteiger charge is 2.39. The Balaban J connectivity index is 1.41. The average Bonchev–Trinajstić information content (AvgIpc) is 2.89. The highest BCUT2D eigenvalue weighted by Crippen LogP contribution is 2.28. The first-order valence-electron chi connectivity index (χ1n) is 8.79. The quantitative estimate of drug-likeness (QED) is 0.598. The molecule has 0 aromatic heterocycles. The molecule has 0 bridgehead atoms. The van der Waals surface area contributed by atoms with Gasteiger partial charge in [0.05, 0.1) is 18.8 Å². The molecule has 1 aromatic rings. The van der Waals surface area contributed by atoms with E-state index in [1.165, 1.54) is 0 Å². The Morgan fingerprint density at radius 3 is 2.81 bits per heavy atom. The number of imide groups is 1. The minimum Gasteiger partial charge on any atom is -0.377 e. The summed E-state index contributed by atoms with van der Waals surface area (Å²) in [5, 5.41) is 5.64. The van der Waals surface area contributed by atoms with E-state index in [9.17, 15) is 14.4 Å². The molecule has 0 radical (unpaired) electrons. The predicted octanol–water partition coefficient (Wildman–Crippen LogP) is -0.735. The maximum atomic E-state index is 12.6. The fraction of sp³-hybridized carbons (Fsp3) is 0.500. The molecule has 0 aliphatic carbocycles. The normalized spacial score (nSPS) is 24.3. The molecule has 1 unspecified atom stereocenters. The second-order valence-electron chi connectivity index (χ2n) is 7.35. The first-order valence-corrected chi connectivity index (χ1v) is 8.79. The molecule has 0 saturated carbocycles. The second-order valence-corrected chi connectivity index (χ2v) is 7.35. The lowest BCUT2D eigenvalue weighted by molar-refractivity contribution is -0.136. The molecule has 2 saturated heterocycles. The number of hydrogen-bond acceptors (Lipinski definition) is 6. The lowest BCUT2D eigenvalue weighted by atomic mass is 9.99. The zero-order valence-corrected chi connectivity index (χ0v) is 14.4. The molecular weight excluding hydrogens is 336 g/mol. The minimum atomic E-state index is -0.579. The predicted molar refractivity (Wildman–Crippen MR) is 91.9 cm³/mol. The number of piperidine rings is 1. The van der Waals surface area contributed by atoms with Crippen LogP contribution in [-0.2, 0) is 27.4 Å². The highest BCUT2D eigenvalue weighted by atomic mass is 16.5. The van der Waals surface area contributed by atoms with Crippen molar-refractivity contribution in [2.45, 2.75) is 37.5 Å². The first-order chi connectivity index (χ1) is 12.5. The van der Waals surface area contributed by atoms with E-state index in [0.717, 1.165) is 11.1 Å². The summed E-state index contributed by atoms with van der Waals surface area (Å²) in [5.41, 5.74) is 8.41. The van der Waals surface area contributed by atoms with Gasteiger partial charge in [-0.05, 0) is 23.6 Å². The van der Waals surface area contributed by atoms with Crippen LogP contribution >= 0.6 is 0 Å². The lowest BCUT2D eigenvalue weighted by Crippen LogP contribution is -2.62. The molecule has 3 aliphatic heterocycles. The van der Waals surface area contributed by atoms with Gasteiger partial charge in [-0.3, -0.25) is 19.7 Å². The Labute approximate surface area is 151 Å². The van der Waals surface area contributed by atoms with Crippen molar-refractivity contribution in [1.29, 1.82) is 0 Å². The van der Waals surface area contributed by atoms with Crippen LogP contribution in [0.4, 0.5) is 0 Å². The van der Waals surface area contributed by atoms with Gasteiger partial charge in [-0.1, -0.05) is 12.1 Å². The summed E-state index contributed by atoms with van der Waals surface area (Å²) in [6.07, 6.45) is 0.635. The third-order valence-corrected chi connectivity index (χ3v) is 5.17. The summed E-state index contributed by atoms with van der Waals surface area (Å²) in [4.78, 5) is 37.6. The van der Waals surface area contributed by atoms with Crippen LogP contribution in [0.5, 0.6) is 0 Å². The van der Waals surface area contributed by atoms with Gasteiger partial charge in [0.1, 0.15) is 6.04 Å².